The molecule has 26 heavy (non-hydrogen) atoms. The van der Waals surface area contributed by atoms with Gasteiger partial charge in [-0.1, -0.05) is 18.2 Å². The Hall–Kier alpha value is -2.95. The fourth-order valence-corrected chi connectivity index (χ4v) is 3.01. The number of hydrogen-bond acceptors (Lipinski definition) is 3. The van der Waals surface area contributed by atoms with E-state index in [2.05, 4.69) is 21.5 Å². The second-order valence-electron chi connectivity index (χ2n) is 6.68. The minimum Gasteiger partial charge on any atom is -0.349 e. The fraction of sp³-hybridized carbons (Fsp3) is 0.286. The van der Waals surface area contributed by atoms with E-state index in [1.165, 1.54) is 0 Å². The molecule has 3 rings (SSSR count). The zero-order chi connectivity index (χ0) is 18.5. The van der Waals surface area contributed by atoms with Crippen LogP contribution in [0.3, 0.4) is 0 Å². The number of carbonyl (C=O) groups excluding carboxylic acids is 1. The fourth-order valence-electron chi connectivity index (χ4n) is 3.01. The molecule has 1 N–H and O–H groups in total. The van der Waals surface area contributed by atoms with E-state index >= 15 is 0 Å². The summed E-state index contributed by atoms with van der Waals surface area (Å²) in [4.78, 5) is 16.9. The number of carbonyl (C=O) groups is 1. The van der Waals surface area contributed by atoms with E-state index in [1.54, 1.807) is 6.20 Å². The third kappa shape index (κ3) is 4.57. The Kier molecular flexibility index (Phi) is 5.46. The van der Waals surface area contributed by atoms with E-state index in [0.717, 1.165) is 22.6 Å². The van der Waals surface area contributed by atoms with Crippen molar-refractivity contribution in [3.05, 3.63) is 82.9 Å². The van der Waals surface area contributed by atoms with Crippen LogP contribution in [0.4, 0.5) is 0 Å². The van der Waals surface area contributed by atoms with Crippen LogP contribution in [0.1, 0.15) is 39.9 Å². The van der Waals surface area contributed by atoms with E-state index < -0.39 is 0 Å². The van der Waals surface area contributed by atoms with Crippen molar-refractivity contribution >= 4 is 5.91 Å². The van der Waals surface area contributed by atoms with E-state index in [1.807, 2.05) is 67.9 Å². The van der Waals surface area contributed by atoms with Gasteiger partial charge in [-0.05, 0) is 56.7 Å². The molecule has 0 saturated carbocycles. The van der Waals surface area contributed by atoms with Crippen LogP contribution < -0.4 is 5.32 Å². The van der Waals surface area contributed by atoms with Gasteiger partial charge in [-0.3, -0.25) is 14.5 Å². The third-order valence-corrected chi connectivity index (χ3v) is 4.24. The van der Waals surface area contributed by atoms with Crippen molar-refractivity contribution in [3.63, 3.8) is 0 Å². The highest BCUT2D eigenvalue weighted by Gasteiger charge is 2.12. The zero-order valence-electron chi connectivity index (χ0n) is 15.4. The summed E-state index contributed by atoms with van der Waals surface area (Å²) in [7, 11) is 0. The summed E-state index contributed by atoms with van der Waals surface area (Å²) in [6.07, 6.45) is 2.48. The summed E-state index contributed by atoms with van der Waals surface area (Å²) in [6, 6.07) is 15.6. The Labute approximate surface area is 154 Å². The number of amides is 1. The van der Waals surface area contributed by atoms with Gasteiger partial charge in [-0.15, -0.1) is 0 Å². The van der Waals surface area contributed by atoms with Crippen molar-refractivity contribution in [2.24, 2.45) is 0 Å². The Bertz CT molecular complexity index is 886. The van der Waals surface area contributed by atoms with E-state index in [9.17, 15) is 4.79 Å². The minimum absolute atomic E-state index is 0.0112. The molecule has 1 amide bonds. The van der Waals surface area contributed by atoms with Gasteiger partial charge in [0.05, 0.1) is 12.2 Å². The van der Waals surface area contributed by atoms with Crippen molar-refractivity contribution in [3.8, 4) is 0 Å². The van der Waals surface area contributed by atoms with Gasteiger partial charge in [0.2, 0.25) is 0 Å². The van der Waals surface area contributed by atoms with Gasteiger partial charge in [0.25, 0.3) is 5.91 Å². The van der Waals surface area contributed by atoms with Gasteiger partial charge in [-0.2, -0.15) is 5.10 Å². The molecule has 0 fully saturated rings. The van der Waals surface area contributed by atoms with E-state index in [-0.39, 0.29) is 11.9 Å². The average molecular weight is 348 g/mol. The van der Waals surface area contributed by atoms with Crippen molar-refractivity contribution in [1.82, 2.24) is 20.1 Å². The molecule has 3 aromatic rings. The lowest BCUT2D eigenvalue weighted by atomic mass is 10.1. The van der Waals surface area contributed by atoms with Gasteiger partial charge >= 0.3 is 0 Å². The first-order valence-electron chi connectivity index (χ1n) is 8.82. The summed E-state index contributed by atoms with van der Waals surface area (Å²) < 4.78 is 1.95. The third-order valence-electron chi connectivity index (χ3n) is 4.24. The molecule has 0 aliphatic carbocycles. The van der Waals surface area contributed by atoms with Crippen LogP contribution in [-0.4, -0.2) is 26.7 Å². The maximum Gasteiger partial charge on any atom is 0.251 e. The van der Waals surface area contributed by atoms with Crippen LogP contribution in [0.15, 0.2) is 54.7 Å². The first-order valence-corrected chi connectivity index (χ1v) is 8.82. The molecule has 1 atom stereocenters. The van der Waals surface area contributed by atoms with Gasteiger partial charge < -0.3 is 5.32 Å². The van der Waals surface area contributed by atoms with Crippen molar-refractivity contribution in [2.75, 3.05) is 0 Å². The summed E-state index contributed by atoms with van der Waals surface area (Å²) in [5, 5.41) is 7.53. The normalized spacial score (nSPS) is 12.0. The predicted octanol–water partition coefficient (Wildman–Crippen LogP) is 3.30. The quantitative estimate of drug-likeness (QED) is 0.743. The van der Waals surface area contributed by atoms with Crippen LogP contribution in [0.2, 0.25) is 0 Å². The Balaban J connectivity index is 1.65. The number of aryl methyl sites for hydroxylation is 2. The first kappa shape index (κ1) is 17.9. The van der Waals surface area contributed by atoms with Crippen LogP contribution in [-0.2, 0) is 13.0 Å². The molecular weight excluding hydrogens is 324 g/mol. The summed E-state index contributed by atoms with van der Waals surface area (Å²) in [5.41, 5.74) is 4.80. The molecule has 0 bridgehead atoms. The molecular formula is C21H24N4O. The summed E-state index contributed by atoms with van der Waals surface area (Å²) in [5.74, 6) is -0.0661. The highest BCUT2D eigenvalue weighted by molar-refractivity contribution is 5.94. The molecule has 5 heteroatoms. The van der Waals surface area contributed by atoms with Crippen LogP contribution in [0.5, 0.6) is 0 Å². The molecule has 0 spiro atoms. The monoisotopic (exact) mass is 348 g/mol. The van der Waals surface area contributed by atoms with E-state index in [0.29, 0.717) is 18.5 Å². The average Bonchev–Trinajstić information content (AvgIpc) is 2.93. The molecule has 5 nitrogen and oxygen atoms in total. The zero-order valence-corrected chi connectivity index (χ0v) is 15.4. The number of benzene rings is 1. The second-order valence-corrected chi connectivity index (χ2v) is 6.68. The van der Waals surface area contributed by atoms with Gasteiger partial charge in [-0.25, -0.2) is 0 Å². The summed E-state index contributed by atoms with van der Waals surface area (Å²) >= 11 is 0. The number of hydrogen-bond donors (Lipinski definition) is 1. The number of aromatic nitrogens is 3. The highest BCUT2D eigenvalue weighted by Crippen LogP contribution is 2.10. The topological polar surface area (TPSA) is 59.8 Å². The number of rotatable bonds is 6. The van der Waals surface area contributed by atoms with Crippen LogP contribution in [0.25, 0.3) is 0 Å². The molecule has 2 heterocycles. The highest BCUT2D eigenvalue weighted by atomic mass is 16.1. The lowest BCUT2D eigenvalue weighted by molar-refractivity contribution is 0.0940. The lowest BCUT2D eigenvalue weighted by Crippen LogP contribution is -2.34. The molecule has 0 saturated heterocycles. The standard InChI is InChI=1S/C21H24N4O/c1-15(12-20-9-4-5-10-22-20)23-21(26)19-8-6-7-18(13-19)14-25-17(3)11-16(2)24-25/h4-11,13,15H,12,14H2,1-3H3,(H,23,26)/t15-/m1/s1. The Morgan fingerprint density at radius 1 is 1.15 bits per heavy atom. The van der Waals surface area contributed by atoms with Crippen molar-refractivity contribution < 1.29 is 4.79 Å². The Morgan fingerprint density at radius 2 is 2.00 bits per heavy atom. The van der Waals surface area contributed by atoms with Crippen molar-refractivity contribution in [1.29, 1.82) is 0 Å². The van der Waals surface area contributed by atoms with Crippen molar-refractivity contribution in [2.45, 2.75) is 39.8 Å². The SMILES string of the molecule is Cc1cc(C)n(Cc2cccc(C(=O)N[C@H](C)Cc3ccccn3)c2)n1. The molecule has 1 aromatic carbocycles. The predicted molar refractivity (Wildman–Crippen MR) is 102 cm³/mol. The number of nitrogens with zero attached hydrogens (tertiary/aromatic N) is 3. The largest absolute Gasteiger partial charge is 0.349 e. The number of nitrogens with one attached hydrogen (secondary N) is 1. The molecule has 0 unspecified atom stereocenters. The summed E-state index contributed by atoms with van der Waals surface area (Å²) in [6.45, 7) is 6.67. The molecule has 0 radical (unpaired) electrons. The number of pyridine rings is 1. The van der Waals surface area contributed by atoms with Gasteiger partial charge in [0.15, 0.2) is 0 Å². The molecule has 2 aromatic heterocycles. The molecule has 0 aliphatic heterocycles. The van der Waals surface area contributed by atoms with Crippen LogP contribution >= 0.6 is 0 Å². The molecule has 134 valence electrons. The van der Waals surface area contributed by atoms with Crippen LogP contribution in [0, 0.1) is 13.8 Å². The lowest BCUT2D eigenvalue weighted by Gasteiger charge is -2.14. The van der Waals surface area contributed by atoms with Gasteiger partial charge in [0.1, 0.15) is 0 Å². The smallest absolute Gasteiger partial charge is 0.251 e. The minimum atomic E-state index is -0.0661. The van der Waals surface area contributed by atoms with E-state index in [4.69, 9.17) is 0 Å². The maximum atomic E-state index is 12.6. The van der Waals surface area contributed by atoms with Gasteiger partial charge in [0, 0.05) is 35.6 Å². The maximum absolute atomic E-state index is 12.6. The Morgan fingerprint density at radius 3 is 2.69 bits per heavy atom. The first-order chi connectivity index (χ1) is 12.5. The second kappa shape index (κ2) is 7.95. The molecule has 0 aliphatic rings.